The summed E-state index contributed by atoms with van der Waals surface area (Å²) in [6, 6.07) is 3.08. The number of sulfone groups is 1. The normalized spacial score (nSPS) is 15.8. The summed E-state index contributed by atoms with van der Waals surface area (Å²) in [4.78, 5) is 0. The molecule has 0 aliphatic rings. The molecule has 0 radical (unpaired) electrons. The van der Waals surface area contributed by atoms with Crippen LogP contribution in [-0.2, 0) is 9.84 Å². The fraction of sp³-hybridized carbons (Fsp3) is 0.400. The maximum atomic E-state index is 13.3. The van der Waals surface area contributed by atoms with Gasteiger partial charge in [0, 0.05) is 6.26 Å². The monoisotopic (exact) mass is 250 g/mol. The number of hydrogen-bond acceptors (Lipinski definition) is 3. The van der Waals surface area contributed by atoms with Crippen LogP contribution >= 0.6 is 0 Å². The second-order valence-corrected chi connectivity index (χ2v) is 6.02. The molecule has 1 N–H and O–H groups in total. The topological polar surface area (TPSA) is 54.4 Å². The van der Waals surface area contributed by atoms with Crippen LogP contribution < -0.4 is 0 Å². The van der Waals surface area contributed by atoms with Crippen molar-refractivity contribution in [3.8, 4) is 0 Å². The minimum absolute atomic E-state index is 0.611. The van der Waals surface area contributed by atoms with E-state index >= 15 is 0 Å². The second kappa shape index (κ2) is 4.47. The molecular formula is C10H12F2O3S. The zero-order valence-electron chi connectivity index (χ0n) is 8.81. The van der Waals surface area contributed by atoms with Gasteiger partial charge in [-0.15, -0.1) is 0 Å². The van der Waals surface area contributed by atoms with E-state index in [0.717, 1.165) is 24.5 Å². The summed E-state index contributed by atoms with van der Waals surface area (Å²) < 4.78 is 48.8. The van der Waals surface area contributed by atoms with Crippen molar-refractivity contribution in [3.05, 3.63) is 35.4 Å². The molecule has 0 spiro atoms. The van der Waals surface area contributed by atoms with Gasteiger partial charge in [-0.1, -0.05) is 6.07 Å². The van der Waals surface area contributed by atoms with Crippen molar-refractivity contribution >= 4 is 9.84 Å². The minimum atomic E-state index is -3.57. The lowest BCUT2D eigenvalue weighted by atomic mass is 10.1. The van der Waals surface area contributed by atoms with Crippen molar-refractivity contribution in [2.45, 2.75) is 18.3 Å². The van der Waals surface area contributed by atoms with E-state index in [4.69, 9.17) is 0 Å². The maximum Gasteiger partial charge on any atom is 0.152 e. The third kappa shape index (κ3) is 2.56. The Labute approximate surface area is 92.6 Å². The molecule has 16 heavy (non-hydrogen) atoms. The van der Waals surface area contributed by atoms with Gasteiger partial charge >= 0.3 is 0 Å². The summed E-state index contributed by atoms with van der Waals surface area (Å²) in [7, 11) is -3.57. The van der Waals surface area contributed by atoms with Gasteiger partial charge in [-0.25, -0.2) is 17.2 Å². The summed E-state index contributed by atoms with van der Waals surface area (Å²) in [5, 5.41) is 8.36. The van der Waals surface area contributed by atoms with Gasteiger partial charge in [-0.05, 0) is 19.1 Å². The molecule has 2 unspecified atom stereocenters. The molecule has 0 saturated heterocycles. The molecule has 1 rings (SSSR count). The molecule has 0 aliphatic heterocycles. The molecule has 0 amide bonds. The molecule has 0 saturated carbocycles. The first-order valence-electron chi connectivity index (χ1n) is 4.56. The van der Waals surface area contributed by atoms with Crippen LogP contribution in [0.2, 0.25) is 0 Å². The van der Waals surface area contributed by atoms with Crippen molar-refractivity contribution in [2.75, 3.05) is 6.26 Å². The van der Waals surface area contributed by atoms with E-state index in [0.29, 0.717) is 0 Å². The number of rotatable bonds is 3. The van der Waals surface area contributed by atoms with Crippen LogP contribution in [0.3, 0.4) is 0 Å². The first-order valence-corrected chi connectivity index (χ1v) is 6.51. The molecule has 0 fully saturated rings. The summed E-state index contributed by atoms with van der Waals surface area (Å²) in [5.41, 5.74) is -0.611. The van der Waals surface area contributed by atoms with Crippen LogP contribution in [0.15, 0.2) is 18.2 Å². The van der Waals surface area contributed by atoms with Gasteiger partial charge in [0.1, 0.15) is 17.7 Å². The molecule has 90 valence electrons. The van der Waals surface area contributed by atoms with Crippen molar-refractivity contribution in [1.82, 2.24) is 0 Å². The van der Waals surface area contributed by atoms with Gasteiger partial charge in [0.15, 0.2) is 9.84 Å². The van der Waals surface area contributed by atoms with E-state index < -0.39 is 38.4 Å². The number of hydrogen-bond donors (Lipinski definition) is 1. The zero-order chi connectivity index (χ0) is 12.5. The Hall–Kier alpha value is -1.01. The van der Waals surface area contributed by atoms with Crippen LogP contribution in [0.25, 0.3) is 0 Å². The third-order valence-corrected chi connectivity index (χ3v) is 4.02. The average Bonchev–Trinajstić information content (AvgIpc) is 2.14. The molecule has 2 atom stereocenters. The summed E-state index contributed by atoms with van der Waals surface area (Å²) in [5.74, 6) is -1.91. The number of aliphatic hydroxyl groups excluding tert-OH is 1. The van der Waals surface area contributed by atoms with Crippen molar-refractivity contribution in [3.63, 3.8) is 0 Å². The lowest BCUT2D eigenvalue weighted by Crippen LogP contribution is -2.25. The zero-order valence-corrected chi connectivity index (χ0v) is 9.63. The Morgan fingerprint density at radius 1 is 1.25 bits per heavy atom. The van der Waals surface area contributed by atoms with Crippen molar-refractivity contribution in [1.29, 1.82) is 0 Å². The molecule has 6 heteroatoms. The molecule has 0 aliphatic carbocycles. The predicted molar refractivity (Wildman–Crippen MR) is 55.6 cm³/mol. The SMILES string of the molecule is CC(C(O)c1c(F)cccc1F)S(C)(=O)=O. The molecule has 0 aromatic heterocycles. The van der Waals surface area contributed by atoms with E-state index in [2.05, 4.69) is 0 Å². The maximum absolute atomic E-state index is 13.3. The van der Waals surface area contributed by atoms with Crippen molar-refractivity contribution < 1.29 is 22.3 Å². The average molecular weight is 250 g/mol. The Kier molecular flexibility index (Phi) is 3.64. The molecule has 0 bridgehead atoms. The highest BCUT2D eigenvalue weighted by Gasteiger charge is 2.29. The van der Waals surface area contributed by atoms with Gasteiger partial charge in [-0.2, -0.15) is 0 Å². The Bertz CT molecular complexity index is 465. The molecule has 1 aromatic rings. The first-order chi connectivity index (χ1) is 7.25. The van der Waals surface area contributed by atoms with E-state index in [1.165, 1.54) is 6.92 Å². The van der Waals surface area contributed by atoms with Crippen LogP contribution in [0.1, 0.15) is 18.6 Å². The quantitative estimate of drug-likeness (QED) is 0.883. The van der Waals surface area contributed by atoms with Crippen LogP contribution in [-0.4, -0.2) is 25.0 Å². The highest BCUT2D eigenvalue weighted by atomic mass is 32.2. The second-order valence-electron chi connectivity index (χ2n) is 3.61. The largest absolute Gasteiger partial charge is 0.387 e. The van der Waals surface area contributed by atoms with E-state index in [1.54, 1.807) is 0 Å². The van der Waals surface area contributed by atoms with Crippen LogP contribution in [0.5, 0.6) is 0 Å². The highest BCUT2D eigenvalue weighted by Crippen LogP contribution is 2.26. The van der Waals surface area contributed by atoms with Gasteiger partial charge in [0.2, 0.25) is 0 Å². The molecule has 0 heterocycles. The number of halogens is 2. The summed E-state index contributed by atoms with van der Waals surface area (Å²) >= 11 is 0. The van der Waals surface area contributed by atoms with Crippen LogP contribution in [0, 0.1) is 11.6 Å². The highest BCUT2D eigenvalue weighted by molar-refractivity contribution is 7.91. The number of benzene rings is 1. The smallest absolute Gasteiger partial charge is 0.152 e. The van der Waals surface area contributed by atoms with E-state index in [-0.39, 0.29) is 0 Å². The third-order valence-electron chi connectivity index (χ3n) is 2.42. The minimum Gasteiger partial charge on any atom is -0.387 e. The molecule has 3 nitrogen and oxygen atoms in total. The van der Waals surface area contributed by atoms with E-state index in [9.17, 15) is 22.3 Å². The molecule has 1 aromatic carbocycles. The molecular weight excluding hydrogens is 238 g/mol. The summed E-state index contributed by atoms with van der Waals surface area (Å²) in [6.45, 7) is 1.20. The van der Waals surface area contributed by atoms with E-state index in [1.807, 2.05) is 0 Å². The fourth-order valence-electron chi connectivity index (χ4n) is 1.26. The number of aliphatic hydroxyl groups is 1. The lowest BCUT2D eigenvalue weighted by molar-refractivity contribution is 0.166. The van der Waals surface area contributed by atoms with Gasteiger partial charge in [0.05, 0.1) is 10.8 Å². The Morgan fingerprint density at radius 2 is 1.69 bits per heavy atom. The Balaban J connectivity index is 3.20. The lowest BCUT2D eigenvalue weighted by Gasteiger charge is -2.18. The standard InChI is InChI=1S/C10H12F2O3S/c1-6(16(2,14)15)10(13)9-7(11)4-3-5-8(9)12/h3-6,10,13H,1-2H3. The predicted octanol–water partition coefficient (Wildman–Crippen LogP) is 1.43. The fourth-order valence-corrected chi connectivity index (χ4v) is 1.87. The van der Waals surface area contributed by atoms with Gasteiger partial charge in [0.25, 0.3) is 0 Å². The van der Waals surface area contributed by atoms with Crippen LogP contribution in [0.4, 0.5) is 8.78 Å². The first kappa shape index (κ1) is 13.1. The van der Waals surface area contributed by atoms with Gasteiger partial charge in [-0.3, -0.25) is 0 Å². The van der Waals surface area contributed by atoms with Gasteiger partial charge < -0.3 is 5.11 Å². The summed E-state index contributed by atoms with van der Waals surface area (Å²) in [6.07, 6.45) is -0.809. The van der Waals surface area contributed by atoms with Crippen molar-refractivity contribution in [2.24, 2.45) is 0 Å². The Morgan fingerprint density at radius 3 is 2.06 bits per heavy atom.